The number of carbonyl (C=O) groups is 2. The number of aliphatic carboxylic acids is 1. The molecule has 0 spiro atoms. The molecule has 0 saturated carbocycles. The van der Waals surface area contributed by atoms with E-state index in [4.69, 9.17) is 5.11 Å². The van der Waals surface area contributed by atoms with Gasteiger partial charge in [0.25, 0.3) is 0 Å². The minimum Gasteiger partial charge on any atom is -0.480 e. The topological polar surface area (TPSA) is 69.6 Å². The molecule has 1 unspecified atom stereocenters. The first kappa shape index (κ1) is 15.8. The molecule has 110 valence electrons. The number of urea groups is 1. The molecule has 0 aromatic rings. The fourth-order valence-electron chi connectivity index (χ4n) is 2.21. The number of piperidine rings is 1. The van der Waals surface area contributed by atoms with Gasteiger partial charge in [-0.25, -0.2) is 9.59 Å². The Bertz CT molecular complexity index is 349. The monoisotopic (exact) mass is 270 g/mol. The molecule has 1 saturated heterocycles. The lowest BCUT2D eigenvalue weighted by Crippen LogP contribution is -2.57. The van der Waals surface area contributed by atoms with Crippen LogP contribution in [-0.2, 0) is 4.79 Å². The molecule has 5 heteroatoms. The summed E-state index contributed by atoms with van der Waals surface area (Å²) in [6.45, 7) is 9.14. The van der Waals surface area contributed by atoms with Crippen LogP contribution in [0.4, 0.5) is 4.79 Å². The van der Waals surface area contributed by atoms with E-state index in [1.807, 2.05) is 0 Å². The Morgan fingerprint density at radius 3 is 2.21 bits per heavy atom. The van der Waals surface area contributed by atoms with Crippen LogP contribution in [0, 0.1) is 5.41 Å². The molecule has 1 atom stereocenters. The van der Waals surface area contributed by atoms with E-state index >= 15 is 0 Å². The Balaban J connectivity index is 2.59. The molecular weight excluding hydrogens is 244 g/mol. The van der Waals surface area contributed by atoms with Crippen LogP contribution in [0.1, 0.15) is 53.4 Å². The standard InChI is InChI=1S/C14H26N2O3/c1-5-13(3)7-9-16(10-8-13)12(19)15-14(4,6-2)11(17)18/h5-10H2,1-4H3,(H,15,19)(H,17,18). The van der Waals surface area contributed by atoms with Crippen molar-refractivity contribution in [1.82, 2.24) is 10.2 Å². The van der Waals surface area contributed by atoms with Crippen LogP contribution in [0.25, 0.3) is 0 Å². The zero-order valence-electron chi connectivity index (χ0n) is 12.5. The van der Waals surface area contributed by atoms with Crippen molar-refractivity contribution in [2.24, 2.45) is 5.41 Å². The number of carboxylic acid groups (broad SMARTS) is 1. The first-order valence-corrected chi connectivity index (χ1v) is 7.07. The fourth-order valence-corrected chi connectivity index (χ4v) is 2.21. The summed E-state index contributed by atoms with van der Waals surface area (Å²) in [7, 11) is 0. The Hall–Kier alpha value is -1.26. The van der Waals surface area contributed by atoms with Crippen molar-refractivity contribution in [1.29, 1.82) is 0 Å². The van der Waals surface area contributed by atoms with E-state index < -0.39 is 11.5 Å². The summed E-state index contributed by atoms with van der Waals surface area (Å²) in [5.74, 6) is -0.987. The normalized spacial score (nSPS) is 21.6. The zero-order chi connectivity index (χ0) is 14.7. The molecule has 2 N–H and O–H groups in total. The average Bonchev–Trinajstić information content (AvgIpc) is 2.39. The van der Waals surface area contributed by atoms with Crippen LogP contribution in [0.5, 0.6) is 0 Å². The van der Waals surface area contributed by atoms with E-state index in [9.17, 15) is 9.59 Å². The van der Waals surface area contributed by atoms with Crippen LogP contribution in [0.2, 0.25) is 0 Å². The van der Waals surface area contributed by atoms with Gasteiger partial charge in [0.15, 0.2) is 0 Å². The number of carboxylic acids is 1. The number of rotatable bonds is 4. The molecule has 0 aromatic heterocycles. The Morgan fingerprint density at radius 1 is 1.32 bits per heavy atom. The van der Waals surface area contributed by atoms with Crippen LogP contribution in [-0.4, -0.2) is 40.6 Å². The molecule has 0 radical (unpaired) electrons. The third kappa shape index (κ3) is 3.61. The van der Waals surface area contributed by atoms with E-state index in [2.05, 4.69) is 19.2 Å². The van der Waals surface area contributed by atoms with Crippen molar-refractivity contribution >= 4 is 12.0 Å². The second-order valence-electron chi connectivity index (χ2n) is 6.07. The van der Waals surface area contributed by atoms with Gasteiger partial charge in [-0.15, -0.1) is 0 Å². The van der Waals surface area contributed by atoms with Crippen molar-refractivity contribution in [2.45, 2.75) is 58.9 Å². The molecule has 1 rings (SSSR count). The summed E-state index contributed by atoms with van der Waals surface area (Å²) < 4.78 is 0. The van der Waals surface area contributed by atoms with Gasteiger partial charge in [0.05, 0.1) is 0 Å². The number of amides is 2. The minimum absolute atomic E-state index is 0.259. The summed E-state index contributed by atoms with van der Waals surface area (Å²) >= 11 is 0. The molecule has 1 fully saturated rings. The molecule has 1 heterocycles. The Morgan fingerprint density at radius 2 is 1.84 bits per heavy atom. The van der Waals surface area contributed by atoms with E-state index in [-0.39, 0.29) is 6.03 Å². The number of hydrogen-bond acceptors (Lipinski definition) is 2. The predicted octanol–water partition coefficient (Wildman–Crippen LogP) is 2.46. The molecule has 19 heavy (non-hydrogen) atoms. The molecule has 0 aromatic carbocycles. The van der Waals surface area contributed by atoms with Crippen molar-refractivity contribution in [3.05, 3.63) is 0 Å². The summed E-state index contributed by atoms with van der Waals surface area (Å²) in [6.07, 6.45) is 3.44. The second-order valence-corrected chi connectivity index (χ2v) is 6.07. The van der Waals surface area contributed by atoms with Gasteiger partial charge in [-0.3, -0.25) is 0 Å². The van der Waals surface area contributed by atoms with Gasteiger partial charge in [-0.05, 0) is 31.6 Å². The van der Waals surface area contributed by atoms with E-state index in [0.29, 0.717) is 24.9 Å². The number of nitrogens with zero attached hydrogens (tertiary/aromatic N) is 1. The van der Waals surface area contributed by atoms with Gasteiger partial charge < -0.3 is 15.3 Å². The average molecular weight is 270 g/mol. The summed E-state index contributed by atoms with van der Waals surface area (Å²) in [6, 6.07) is -0.259. The first-order valence-electron chi connectivity index (χ1n) is 7.07. The zero-order valence-corrected chi connectivity index (χ0v) is 12.5. The first-order chi connectivity index (χ1) is 8.76. The highest BCUT2D eigenvalue weighted by molar-refractivity contribution is 5.85. The lowest BCUT2D eigenvalue weighted by atomic mass is 9.78. The largest absolute Gasteiger partial charge is 0.480 e. The highest BCUT2D eigenvalue weighted by Crippen LogP contribution is 2.33. The van der Waals surface area contributed by atoms with Crippen LogP contribution in [0.3, 0.4) is 0 Å². The third-order valence-corrected chi connectivity index (χ3v) is 4.67. The molecule has 1 aliphatic rings. The second kappa shape index (κ2) is 5.80. The van der Waals surface area contributed by atoms with Gasteiger partial charge in [-0.1, -0.05) is 27.2 Å². The van der Waals surface area contributed by atoms with Gasteiger partial charge in [0.1, 0.15) is 5.54 Å². The van der Waals surface area contributed by atoms with Crippen molar-refractivity contribution in [3.63, 3.8) is 0 Å². The lowest BCUT2D eigenvalue weighted by Gasteiger charge is -2.40. The lowest BCUT2D eigenvalue weighted by molar-refractivity contribution is -0.143. The van der Waals surface area contributed by atoms with Crippen molar-refractivity contribution in [2.75, 3.05) is 13.1 Å². The van der Waals surface area contributed by atoms with Gasteiger partial charge in [0.2, 0.25) is 0 Å². The van der Waals surface area contributed by atoms with Crippen molar-refractivity contribution < 1.29 is 14.7 Å². The Labute approximate surface area is 115 Å². The van der Waals surface area contributed by atoms with E-state index in [0.717, 1.165) is 19.3 Å². The minimum atomic E-state index is -1.18. The van der Waals surface area contributed by atoms with E-state index in [1.54, 1.807) is 18.7 Å². The number of carbonyl (C=O) groups excluding carboxylic acids is 1. The number of hydrogen-bond donors (Lipinski definition) is 2. The predicted molar refractivity (Wildman–Crippen MR) is 74.1 cm³/mol. The molecular formula is C14H26N2O3. The maximum absolute atomic E-state index is 12.1. The smallest absolute Gasteiger partial charge is 0.329 e. The molecule has 5 nitrogen and oxygen atoms in total. The number of nitrogens with one attached hydrogen (secondary N) is 1. The SMILES string of the molecule is CCC1(C)CCN(C(=O)NC(C)(CC)C(=O)O)CC1. The summed E-state index contributed by atoms with van der Waals surface area (Å²) in [5.41, 5.74) is -0.861. The highest BCUT2D eigenvalue weighted by Gasteiger charge is 2.36. The quantitative estimate of drug-likeness (QED) is 0.824. The molecule has 2 amide bonds. The molecule has 0 bridgehead atoms. The summed E-state index contributed by atoms with van der Waals surface area (Å²) in [5, 5.41) is 11.8. The molecule has 1 aliphatic heterocycles. The van der Waals surface area contributed by atoms with E-state index in [1.165, 1.54) is 0 Å². The van der Waals surface area contributed by atoms with Crippen LogP contribution in [0.15, 0.2) is 0 Å². The van der Waals surface area contributed by atoms with Crippen LogP contribution < -0.4 is 5.32 Å². The summed E-state index contributed by atoms with van der Waals surface area (Å²) in [4.78, 5) is 25.0. The van der Waals surface area contributed by atoms with Gasteiger partial charge in [0, 0.05) is 13.1 Å². The van der Waals surface area contributed by atoms with Crippen molar-refractivity contribution in [3.8, 4) is 0 Å². The maximum atomic E-state index is 12.1. The third-order valence-electron chi connectivity index (χ3n) is 4.67. The van der Waals surface area contributed by atoms with Gasteiger partial charge in [-0.2, -0.15) is 0 Å². The highest BCUT2D eigenvalue weighted by atomic mass is 16.4. The maximum Gasteiger partial charge on any atom is 0.329 e. The van der Waals surface area contributed by atoms with Gasteiger partial charge >= 0.3 is 12.0 Å². The van der Waals surface area contributed by atoms with Crippen LogP contribution >= 0.6 is 0 Å². The molecule has 0 aliphatic carbocycles. The number of likely N-dealkylation sites (tertiary alicyclic amines) is 1. The fraction of sp³-hybridized carbons (Fsp3) is 0.857. The Kier molecular flexibility index (Phi) is 4.82.